The Kier molecular flexibility index (Phi) is 6.93. The molecule has 0 fully saturated rings. The van der Waals surface area contributed by atoms with Gasteiger partial charge in [0.25, 0.3) is 7.82 Å². The van der Waals surface area contributed by atoms with Crippen LogP contribution in [0.15, 0.2) is 0 Å². The molecule has 0 saturated carbocycles. The van der Waals surface area contributed by atoms with E-state index >= 15 is 0 Å². The first-order chi connectivity index (χ1) is 6.12. The van der Waals surface area contributed by atoms with Gasteiger partial charge in [0.1, 0.15) is 0 Å². The second-order valence-electron chi connectivity index (χ2n) is 2.48. The standard InChI is InChI=1S/C8H15O4P/c1-3-4-5-6-7-8-12-13(9,10)11-2/h1H,4-8H2,2H3,(H,9,10)/p-1. The van der Waals surface area contributed by atoms with Crippen molar-refractivity contribution in [3.63, 3.8) is 0 Å². The fourth-order valence-electron chi connectivity index (χ4n) is 0.735. The van der Waals surface area contributed by atoms with Crippen LogP contribution >= 0.6 is 7.82 Å². The van der Waals surface area contributed by atoms with E-state index in [4.69, 9.17) is 6.42 Å². The predicted octanol–water partition coefficient (Wildman–Crippen LogP) is 1.31. The van der Waals surface area contributed by atoms with Gasteiger partial charge in [0.2, 0.25) is 0 Å². The van der Waals surface area contributed by atoms with E-state index < -0.39 is 7.82 Å². The molecule has 0 N–H and O–H groups in total. The highest BCUT2D eigenvalue weighted by molar-refractivity contribution is 7.45. The highest BCUT2D eigenvalue weighted by atomic mass is 31.2. The lowest BCUT2D eigenvalue weighted by Crippen LogP contribution is -2.06. The molecule has 0 heterocycles. The van der Waals surface area contributed by atoms with Crippen LogP contribution in [0.4, 0.5) is 0 Å². The molecule has 0 spiro atoms. The zero-order valence-corrected chi connectivity index (χ0v) is 8.59. The van der Waals surface area contributed by atoms with E-state index in [1.54, 1.807) is 0 Å². The third-order valence-electron chi connectivity index (χ3n) is 1.44. The minimum atomic E-state index is -4.02. The lowest BCUT2D eigenvalue weighted by atomic mass is 10.2. The van der Waals surface area contributed by atoms with Gasteiger partial charge in [-0.1, -0.05) is 6.42 Å². The van der Waals surface area contributed by atoms with Crippen LogP contribution in [-0.4, -0.2) is 13.7 Å². The van der Waals surface area contributed by atoms with Gasteiger partial charge in [-0.3, -0.25) is 4.57 Å². The second-order valence-corrected chi connectivity index (χ2v) is 4.00. The Balaban J connectivity index is 3.27. The summed E-state index contributed by atoms with van der Waals surface area (Å²) in [5.41, 5.74) is 0. The minimum absolute atomic E-state index is 0.166. The Morgan fingerprint density at radius 3 is 2.69 bits per heavy atom. The van der Waals surface area contributed by atoms with Crippen molar-refractivity contribution in [1.29, 1.82) is 0 Å². The first-order valence-corrected chi connectivity index (χ1v) is 5.53. The highest BCUT2D eigenvalue weighted by Crippen LogP contribution is 2.36. The maximum atomic E-state index is 10.6. The van der Waals surface area contributed by atoms with E-state index in [-0.39, 0.29) is 6.61 Å². The third-order valence-corrected chi connectivity index (χ3v) is 2.38. The summed E-state index contributed by atoms with van der Waals surface area (Å²) in [4.78, 5) is 10.6. The molecule has 0 aliphatic rings. The SMILES string of the molecule is C#CCCCCCOP(=O)([O-])OC. The van der Waals surface area contributed by atoms with E-state index in [0.29, 0.717) is 6.42 Å². The van der Waals surface area contributed by atoms with E-state index in [0.717, 1.165) is 26.4 Å². The number of phosphoric acid groups is 1. The quantitative estimate of drug-likeness (QED) is 0.357. The van der Waals surface area contributed by atoms with Gasteiger partial charge >= 0.3 is 0 Å². The summed E-state index contributed by atoms with van der Waals surface area (Å²) < 4.78 is 19.2. The smallest absolute Gasteiger partial charge is 0.267 e. The number of terminal acetylenes is 1. The Labute approximate surface area is 78.9 Å². The summed E-state index contributed by atoms with van der Waals surface area (Å²) in [5.74, 6) is 2.50. The largest absolute Gasteiger partial charge is 0.756 e. The highest BCUT2D eigenvalue weighted by Gasteiger charge is 2.04. The van der Waals surface area contributed by atoms with Crippen molar-refractivity contribution in [1.82, 2.24) is 0 Å². The van der Waals surface area contributed by atoms with Gasteiger partial charge in [0.05, 0.1) is 6.61 Å². The van der Waals surface area contributed by atoms with E-state index in [9.17, 15) is 9.46 Å². The zero-order chi connectivity index (χ0) is 10.2. The molecule has 0 radical (unpaired) electrons. The summed E-state index contributed by atoms with van der Waals surface area (Å²) in [7, 11) is -2.94. The van der Waals surface area contributed by atoms with Crippen molar-refractivity contribution in [3.8, 4) is 12.3 Å². The number of hydrogen-bond acceptors (Lipinski definition) is 4. The van der Waals surface area contributed by atoms with Crippen LogP contribution in [0.25, 0.3) is 0 Å². The maximum Gasteiger partial charge on any atom is 0.267 e. The molecule has 5 heteroatoms. The Morgan fingerprint density at radius 2 is 2.15 bits per heavy atom. The molecule has 1 atom stereocenters. The van der Waals surface area contributed by atoms with Crippen LogP contribution in [0.5, 0.6) is 0 Å². The van der Waals surface area contributed by atoms with Crippen LogP contribution in [0.3, 0.4) is 0 Å². The maximum absolute atomic E-state index is 10.6. The fourth-order valence-corrected chi connectivity index (χ4v) is 1.19. The van der Waals surface area contributed by atoms with Gasteiger partial charge in [-0.25, -0.2) is 0 Å². The van der Waals surface area contributed by atoms with Crippen molar-refractivity contribution in [2.24, 2.45) is 0 Å². The number of phosphoric ester groups is 1. The molecule has 0 bridgehead atoms. The van der Waals surface area contributed by atoms with Crippen LogP contribution in [-0.2, 0) is 13.6 Å². The summed E-state index contributed by atoms with van der Waals surface area (Å²) in [5, 5.41) is 0. The molecule has 0 aliphatic carbocycles. The molecule has 76 valence electrons. The van der Waals surface area contributed by atoms with Gasteiger partial charge in [-0.05, 0) is 12.8 Å². The minimum Gasteiger partial charge on any atom is -0.756 e. The average molecular weight is 205 g/mol. The zero-order valence-electron chi connectivity index (χ0n) is 7.69. The Morgan fingerprint density at radius 1 is 1.46 bits per heavy atom. The average Bonchev–Trinajstić information content (AvgIpc) is 2.11. The molecule has 0 amide bonds. The van der Waals surface area contributed by atoms with Gasteiger partial charge in [-0.2, -0.15) is 0 Å². The molecule has 0 aromatic heterocycles. The van der Waals surface area contributed by atoms with Crippen LogP contribution in [0.2, 0.25) is 0 Å². The summed E-state index contributed by atoms with van der Waals surface area (Å²) in [6.07, 6.45) is 8.21. The molecule has 4 nitrogen and oxygen atoms in total. The van der Waals surface area contributed by atoms with Crippen molar-refractivity contribution in [3.05, 3.63) is 0 Å². The van der Waals surface area contributed by atoms with Gasteiger partial charge < -0.3 is 13.9 Å². The molecular weight excluding hydrogens is 191 g/mol. The van der Waals surface area contributed by atoms with Crippen molar-refractivity contribution in [2.45, 2.75) is 25.7 Å². The fraction of sp³-hybridized carbons (Fsp3) is 0.750. The lowest BCUT2D eigenvalue weighted by molar-refractivity contribution is -0.223. The summed E-state index contributed by atoms with van der Waals surface area (Å²) in [6, 6.07) is 0. The topological polar surface area (TPSA) is 58.6 Å². The monoisotopic (exact) mass is 205 g/mol. The van der Waals surface area contributed by atoms with E-state index in [1.165, 1.54) is 0 Å². The molecule has 0 aromatic rings. The van der Waals surface area contributed by atoms with Crippen LogP contribution in [0.1, 0.15) is 25.7 Å². The second kappa shape index (κ2) is 7.11. The predicted molar refractivity (Wildman–Crippen MR) is 47.9 cm³/mol. The van der Waals surface area contributed by atoms with E-state index in [1.807, 2.05) is 0 Å². The molecule has 13 heavy (non-hydrogen) atoms. The molecular formula is C8H14O4P-. The van der Waals surface area contributed by atoms with Gasteiger partial charge in [-0.15, -0.1) is 12.3 Å². The molecule has 0 saturated heterocycles. The van der Waals surface area contributed by atoms with Crippen molar-refractivity contribution < 1.29 is 18.5 Å². The molecule has 1 unspecified atom stereocenters. The molecule has 0 aromatic carbocycles. The van der Waals surface area contributed by atoms with Crippen molar-refractivity contribution >= 4 is 7.82 Å². The normalized spacial score (nSPS) is 14.8. The van der Waals surface area contributed by atoms with Gasteiger partial charge in [0, 0.05) is 13.5 Å². The Hall–Kier alpha value is -0.330. The number of unbranched alkanes of at least 4 members (excludes halogenated alkanes) is 3. The molecule has 0 aliphatic heterocycles. The van der Waals surface area contributed by atoms with E-state index in [2.05, 4.69) is 15.0 Å². The van der Waals surface area contributed by atoms with Crippen LogP contribution < -0.4 is 4.89 Å². The summed E-state index contributed by atoms with van der Waals surface area (Å²) >= 11 is 0. The van der Waals surface area contributed by atoms with Crippen molar-refractivity contribution in [2.75, 3.05) is 13.7 Å². The number of rotatable bonds is 7. The summed E-state index contributed by atoms with van der Waals surface area (Å²) in [6.45, 7) is 0.166. The number of hydrogen-bond donors (Lipinski definition) is 0. The third kappa shape index (κ3) is 8.01. The molecule has 0 rings (SSSR count). The van der Waals surface area contributed by atoms with Crippen LogP contribution in [0, 0.1) is 12.3 Å². The lowest BCUT2D eigenvalue weighted by Gasteiger charge is -2.19. The first kappa shape index (κ1) is 12.7. The first-order valence-electron chi connectivity index (χ1n) is 4.07. The Bertz CT molecular complexity index is 209. The van der Waals surface area contributed by atoms with Gasteiger partial charge in [0.15, 0.2) is 0 Å².